The summed E-state index contributed by atoms with van der Waals surface area (Å²) in [4.78, 5) is 11.2. The van der Waals surface area contributed by atoms with Gasteiger partial charge in [-0.3, -0.25) is 0 Å². The molecule has 1 N–H and O–H groups in total. The van der Waals surface area contributed by atoms with Crippen LogP contribution in [0.3, 0.4) is 0 Å². The van der Waals surface area contributed by atoms with Gasteiger partial charge in [0.2, 0.25) is 0 Å². The predicted octanol–water partition coefficient (Wildman–Crippen LogP) is 8.60. The van der Waals surface area contributed by atoms with E-state index < -0.39 is 5.97 Å². The van der Waals surface area contributed by atoms with Crippen molar-refractivity contribution in [1.82, 2.24) is 0 Å². The highest BCUT2D eigenvalue weighted by Gasteiger charge is 2.18. The van der Waals surface area contributed by atoms with E-state index in [9.17, 15) is 4.79 Å². The van der Waals surface area contributed by atoms with Crippen molar-refractivity contribution in [2.75, 3.05) is 6.61 Å². The Morgan fingerprint density at radius 2 is 1.39 bits per heavy atom. The van der Waals surface area contributed by atoms with Crippen molar-refractivity contribution in [2.45, 2.75) is 97.0 Å². The number of carboxylic acid groups (broad SMARTS) is 1. The summed E-state index contributed by atoms with van der Waals surface area (Å²) in [5, 5.41) is 9.16. The number of hydrogen-bond donors (Lipinski definition) is 1. The highest BCUT2D eigenvalue weighted by molar-refractivity contribution is 5.87. The van der Waals surface area contributed by atoms with Crippen molar-refractivity contribution >= 4 is 5.97 Å². The van der Waals surface area contributed by atoms with E-state index in [1.54, 1.807) is 24.3 Å². The van der Waals surface area contributed by atoms with Gasteiger partial charge in [0.25, 0.3) is 0 Å². The third kappa shape index (κ3) is 10.3. The van der Waals surface area contributed by atoms with Gasteiger partial charge in [0.1, 0.15) is 17.6 Å². The molecule has 0 fully saturated rings. The van der Waals surface area contributed by atoms with Crippen molar-refractivity contribution in [3.63, 3.8) is 0 Å². The Bertz CT molecular complexity index is 784. The van der Waals surface area contributed by atoms with Crippen LogP contribution in [0.15, 0.2) is 48.5 Å². The zero-order valence-corrected chi connectivity index (χ0v) is 20.6. The summed E-state index contributed by atoms with van der Waals surface area (Å²) in [6.07, 6.45) is 14.2. The molecular weight excluding hydrogens is 412 g/mol. The van der Waals surface area contributed by atoms with Gasteiger partial charge in [0, 0.05) is 5.56 Å². The smallest absolute Gasteiger partial charge is 0.335 e. The molecule has 0 aliphatic rings. The first-order valence-electron chi connectivity index (χ1n) is 12.9. The summed E-state index contributed by atoms with van der Waals surface area (Å²) in [6, 6.07) is 14.9. The van der Waals surface area contributed by atoms with E-state index in [0.717, 1.165) is 37.2 Å². The molecule has 2 rings (SSSR count). The monoisotopic (exact) mass is 454 g/mol. The highest BCUT2D eigenvalue weighted by Crippen LogP contribution is 2.33. The number of rotatable bonds is 18. The van der Waals surface area contributed by atoms with Crippen LogP contribution in [0.2, 0.25) is 0 Å². The van der Waals surface area contributed by atoms with Gasteiger partial charge in [-0.25, -0.2) is 4.79 Å². The Hall–Kier alpha value is -2.49. The minimum Gasteiger partial charge on any atom is -0.493 e. The predicted molar refractivity (Wildman–Crippen MR) is 135 cm³/mol. The maximum Gasteiger partial charge on any atom is 0.335 e. The molecule has 2 aromatic carbocycles. The van der Waals surface area contributed by atoms with E-state index >= 15 is 0 Å². The molecular formula is C29H42O4. The quantitative estimate of drug-likeness (QED) is 0.229. The van der Waals surface area contributed by atoms with Gasteiger partial charge in [-0.15, -0.1) is 0 Å². The van der Waals surface area contributed by atoms with Gasteiger partial charge in [-0.2, -0.15) is 0 Å². The van der Waals surface area contributed by atoms with E-state index in [4.69, 9.17) is 14.6 Å². The number of carboxylic acids is 1. The molecule has 0 aliphatic carbocycles. The van der Waals surface area contributed by atoms with Crippen LogP contribution in [0.5, 0.6) is 11.5 Å². The maximum absolute atomic E-state index is 11.2. The SMILES string of the molecule is CCCCCCCCOc1ccccc1C(CCCCCCC)Oc1ccc(C(=O)O)cc1. The van der Waals surface area contributed by atoms with Crippen LogP contribution in [0.1, 0.15) is 113 Å². The molecule has 0 amide bonds. The summed E-state index contributed by atoms with van der Waals surface area (Å²) in [5.74, 6) is 0.651. The van der Waals surface area contributed by atoms with Crippen molar-refractivity contribution in [2.24, 2.45) is 0 Å². The minimum atomic E-state index is -0.928. The average Bonchev–Trinajstić information content (AvgIpc) is 2.83. The van der Waals surface area contributed by atoms with E-state index in [-0.39, 0.29) is 11.7 Å². The number of hydrogen-bond acceptors (Lipinski definition) is 3. The molecule has 0 aliphatic heterocycles. The second kappa shape index (κ2) is 16.2. The van der Waals surface area contributed by atoms with Gasteiger partial charge in [-0.05, 0) is 49.6 Å². The van der Waals surface area contributed by atoms with Crippen molar-refractivity contribution in [1.29, 1.82) is 0 Å². The zero-order valence-electron chi connectivity index (χ0n) is 20.6. The van der Waals surface area contributed by atoms with E-state index in [1.165, 1.54) is 57.8 Å². The zero-order chi connectivity index (χ0) is 23.7. The fourth-order valence-corrected chi connectivity index (χ4v) is 3.99. The standard InChI is InChI=1S/C29H42O4/c1-3-5-7-9-11-15-23-32-27-17-14-13-16-26(27)28(18-12-10-8-6-4-2)33-25-21-19-24(20-22-25)29(30)31/h13-14,16-17,19-22,28H,3-12,15,18,23H2,1-2H3,(H,30,31). The Labute approximate surface area is 200 Å². The topological polar surface area (TPSA) is 55.8 Å². The lowest BCUT2D eigenvalue weighted by molar-refractivity contribution is 0.0697. The lowest BCUT2D eigenvalue weighted by Crippen LogP contribution is -2.11. The van der Waals surface area contributed by atoms with E-state index in [0.29, 0.717) is 5.75 Å². The average molecular weight is 455 g/mol. The summed E-state index contributed by atoms with van der Waals surface area (Å²) in [6.45, 7) is 5.19. The molecule has 4 nitrogen and oxygen atoms in total. The van der Waals surface area contributed by atoms with Crippen LogP contribution < -0.4 is 9.47 Å². The molecule has 33 heavy (non-hydrogen) atoms. The van der Waals surface area contributed by atoms with Crippen LogP contribution in [0, 0.1) is 0 Å². The summed E-state index contributed by atoms with van der Waals surface area (Å²) in [5.41, 5.74) is 1.34. The lowest BCUT2D eigenvalue weighted by atomic mass is 10.0. The molecule has 0 radical (unpaired) electrons. The number of ether oxygens (including phenoxy) is 2. The number of benzene rings is 2. The molecule has 0 saturated carbocycles. The maximum atomic E-state index is 11.2. The van der Waals surface area contributed by atoms with Gasteiger partial charge < -0.3 is 14.6 Å². The Morgan fingerprint density at radius 1 is 0.788 bits per heavy atom. The highest BCUT2D eigenvalue weighted by atomic mass is 16.5. The molecule has 0 bridgehead atoms. The molecule has 0 aromatic heterocycles. The van der Waals surface area contributed by atoms with Gasteiger partial charge in [0.05, 0.1) is 12.2 Å². The number of carbonyl (C=O) groups is 1. The first-order chi connectivity index (χ1) is 16.2. The van der Waals surface area contributed by atoms with Crippen LogP contribution in [0.25, 0.3) is 0 Å². The summed E-state index contributed by atoms with van der Waals surface area (Å²) < 4.78 is 12.6. The normalized spacial score (nSPS) is 11.8. The molecule has 0 heterocycles. The summed E-state index contributed by atoms with van der Waals surface area (Å²) >= 11 is 0. The Morgan fingerprint density at radius 3 is 2.06 bits per heavy atom. The fourth-order valence-electron chi connectivity index (χ4n) is 3.99. The van der Waals surface area contributed by atoms with Crippen molar-refractivity contribution < 1.29 is 19.4 Å². The number of para-hydroxylation sites is 1. The number of aromatic carboxylic acids is 1. The first-order valence-corrected chi connectivity index (χ1v) is 12.9. The third-order valence-electron chi connectivity index (χ3n) is 5.97. The fraction of sp³-hybridized carbons (Fsp3) is 0.552. The molecule has 182 valence electrons. The van der Waals surface area contributed by atoms with Crippen molar-refractivity contribution in [3.8, 4) is 11.5 Å². The summed E-state index contributed by atoms with van der Waals surface area (Å²) in [7, 11) is 0. The van der Waals surface area contributed by atoms with Gasteiger partial charge in [-0.1, -0.05) is 89.8 Å². The molecule has 1 unspecified atom stereocenters. The second-order valence-corrected chi connectivity index (χ2v) is 8.79. The number of unbranched alkanes of at least 4 members (excludes halogenated alkanes) is 9. The van der Waals surface area contributed by atoms with Crippen LogP contribution >= 0.6 is 0 Å². The van der Waals surface area contributed by atoms with E-state index in [1.807, 2.05) is 18.2 Å². The van der Waals surface area contributed by atoms with Crippen LogP contribution in [-0.4, -0.2) is 17.7 Å². The minimum absolute atomic E-state index is 0.122. The van der Waals surface area contributed by atoms with E-state index in [2.05, 4.69) is 19.9 Å². The van der Waals surface area contributed by atoms with Crippen molar-refractivity contribution in [3.05, 3.63) is 59.7 Å². The second-order valence-electron chi connectivity index (χ2n) is 8.79. The first kappa shape index (κ1) is 26.8. The third-order valence-corrected chi connectivity index (χ3v) is 5.97. The van der Waals surface area contributed by atoms with Crippen LogP contribution in [-0.2, 0) is 0 Å². The lowest BCUT2D eigenvalue weighted by Gasteiger charge is -2.22. The van der Waals surface area contributed by atoms with Crippen LogP contribution in [0.4, 0.5) is 0 Å². The Kier molecular flexibility index (Phi) is 13.1. The molecule has 1 atom stereocenters. The molecule has 2 aromatic rings. The van der Waals surface area contributed by atoms with Gasteiger partial charge in [0.15, 0.2) is 0 Å². The molecule has 4 heteroatoms. The Balaban J connectivity index is 2.04. The van der Waals surface area contributed by atoms with Gasteiger partial charge >= 0.3 is 5.97 Å². The largest absolute Gasteiger partial charge is 0.493 e. The molecule has 0 spiro atoms. The molecule has 0 saturated heterocycles.